The number of hydrogen-bond acceptors (Lipinski definition) is 4. The molecule has 0 atom stereocenters. The molecule has 0 radical (unpaired) electrons. The van der Waals surface area contributed by atoms with Gasteiger partial charge in [0.1, 0.15) is 0 Å². The molecular weight excluding hydrogens is 328 g/mol. The molecular formula is C22H24O4. The average Bonchev–Trinajstić information content (AvgIpc) is 2.61. The van der Waals surface area contributed by atoms with Crippen molar-refractivity contribution >= 4 is 18.0 Å². The van der Waals surface area contributed by atoms with E-state index in [9.17, 15) is 9.59 Å². The van der Waals surface area contributed by atoms with Crippen LogP contribution in [0, 0.1) is 0 Å². The number of hydrogen-bond donors (Lipinski definition) is 0. The Morgan fingerprint density at radius 1 is 0.923 bits per heavy atom. The maximum Gasteiger partial charge on any atom is 0.305 e. The van der Waals surface area contributed by atoms with Gasteiger partial charge in [0, 0.05) is 25.8 Å². The van der Waals surface area contributed by atoms with Gasteiger partial charge in [-0.15, -0.1) is 0 Å². The van der Waals surface area contributed by atoms with Crippen molar-refractivity contribution in [2.45, 2.75) is 39.9 Å². The van der Waals surface area contributed by atoms with Crippen molar-refractivity contribution in [2.24, 2.45) is 0 Å². The highest BCUT2D eigenvalue weighted by molar-refractivity contribution is 5.69. The minimum atomic E-state index is -1.05. The van der Waals surface area contributed by atoms with Crippen molar-refractivity contribution < 1.29 is 19.1 Å². The molecule has 4 nitrogen and oxygen atoms in total. The summed E-state index contributed by atoms with van der Waals surface area (Å²) in [6.07, 6.45) is 2.30. The van der Waals surface area contributed by atoms with Crippen LogP contribution in [0.15, 0.2) is 60.2 Å². The molecule has 2 rings (SSSR count). The minimum Gasteiger partial charge on any atom is -0.421 e. The molecule has 0 amide bonds. The predicted molar refractivity (Wildman–Crippen MR) is 101 cm³/mol. The van der Waals surface area contributed by atoms with Gasteiger partial charge in [0.2, 0.25) is 0 Å². The van der Waals surface area contributed by atoms with Crippen molar-refractivity contribution in [3.05, 3.63) is 76.9 Å². The molecule has 0 aliphatic rings. The molecule has 0 saturated carbocycles. The average molecular weight is 352 g/mol. The number of carbonyl (C=O) groups excluding carboxylic acids is 2. The molecule has 0 aliphatic heterocycles. The van der Waals surface area contributed by atoms with E-state index in [4.69, 9.17) is 9.47 Å². The molecule has 0 bridgehead atoms. The van der Waals surface area contributed by atoms with Crippen LogP contribution in [0.3, 0.4) is 0 Å². The minimum absolute atomic E-state index is 0.502. The monoisotopic (exact) mass is 352 g/mol. The van der Waals surface area contributed by atoms with Crippen LogP contribution >= 0.6 is 0 Å². The summed E-state index contributed by atoms with van der Waals surface area (Å²) in [7, 11) is 0. The number of carbonyl (C=O) groups is 2. The Bertz CT molecular complexity index is 762. The molecule has 0 aliphatic carbocycles. The van der Waals surface area contributed by atoms with Gasteiger partial charge < -0.3 is 9.47 Å². The van der Waals surface area contributed by atoms with E-state index < -0.39 is 18.2 Å². The predicted octanol–water partition coefficient (Wildman–Crippen LogP) is 4.33. The Hall–Kier alpha value is -2.88. The van der Waals surface area contributed by atoms with Gasteiger partial charge in [-0.2, -0.15) is 0 Å². The van der Waals surface area contributed by atoms with E-state index in [1.807, 2.05) is 48.5 Å². The first-order valence-corrected chi connectivity index (χ1v) is 8.65. The van der Waals surface area contributed by atoms with Gasteiger partial charge in [-0.25, -0.2) is 0 Å². The Morgan fingerprint density at radius 3 is 2.12 bits per heavy atom. The second kappa shape index (κ2) is 9.56. The molecule has 0 spiro atoms. The number of esters is 2. The van der Waals surface area contributed by atoms with Crippen LogP contribution in [0.4, 0.5) is 0 Å². The Morgan fingerprint density at radius 2 is 1.54 bits per heavy atom. The van der Waals surface area contributed by atoms with Gasteiger partial charge in [0.05, 0.1) is 0 Å². The highest BCUT2D eigenvalue weighted by Gasteiger charge is 2.21. The van der Waals surface area contributed by atoms with E-state index in [1.54, 1.807) is 0 Å². The summed E-state index contributed by atoms with van der Waals surface area (Å²) in [6, 6.07) is 17.9. The number of ether oxygens (including phenoxy) is 2. The molecule has 136 valence electrons. The molecule has 2 aromatic carbocycles. The van der Waals surface area contributed by atoms with Crippen molar-refractivity contribution in [3.8, 4) is 0 Å². The Labute approximate surface area is 154 Å². The summed E-state index contributed by atoms with van der Waals surface area (Å²) in [6.45, 7) is 4.69. The SMILES string of the molecule is CCc1cccc(/C=C(\Cc2ccccc2)C(OC(C)=O)OC(C)=O)c1. The maximum absolute atomic E-state index is 11.5. The van der Waals surface area contributed by atoms with Crippen LogP contribution in [0.1, 0.15) is 37.5 Å². The smallest absolute Gasteiger partial charge is 0.305 e. The summed E-state index contributed by atoms with van der Waals surface area (Å²) in [4.78, 5) is 23.0. The van der Waals surface area contributed by atoms with Crippen molar-refractivity contribution in [1.29, 1.82) is 0 Å². The lowest BCUT2D eigenvalue weighted by molar-refractivity contribution is -0.178. The summed E-state index contributed by atoms with van der Waals surface area (Å²) in [5, 5.41) is 0. The largest absolute Gasteiger partial charge is 0.421 e. The zero-order chi connectivity index (χ0) is 18.9. The van der Waals surface area contributed by atoms with E-state index >= 15 is 0 Å². The molecule has 0 fully saturated rings. The van der Waals surface area contributed by atoms with E-state index in [0.717, 1.165) is 17.5 Å². The van der Waals surface area contributed by atoms with Gasteiger partial charge in [0.25, 0.3) is 6.29 Å². The first-order valence-electron chi connectivity index (χ1n) is 8.65. The third-order valence-corrected chi connectivity index (χ3v) is 3.81. The van der Waals surface area contributed by atoms with E-state index in [1.165, 1.54) is 19.4 Å². The number of benzene rings is 2. The number of rotatable bonds is 7. The third-order valence-electron chi connectivity index (χ3n) is 3.81. The highest BCUT2D eigenvalue weighted by atomic mass is 16.7. The first-order chi connectivity index (χ1) is 12.5. The molecule has 2 aromatic rings. The Kier molecular flexibility index (Phi) is 7.15. The van der Waals surface area contributed by atoms with Crippen LogP contribution in [0.5, 0.6) is 0 Å². The second-order valence-electron chi connectivity index (χ2n) is 6.03. The molecule has 0 aromatic heterocycles. The molecule has 0 N–H and O–H groups in total. The lowest BCUT2D eigenvalue weighted by Gasteiger charge is -2.20. The van der Waals surface area contributed by atoms with Gasteiger partial charge in [0.15, 0.2) is 0 Å². The lowest BCUT2D eigenvalue weighted by atomic mass is 10.0. The van der Waals surface area contributed by atoms with Gasteiger partial charge >= 0.3 is 11.9 Å². The fraction of sp³-hybridized carbons (Fsp3) is 0.273. The summed E-state index contributed by atoms with van der Waals surface area (Å²) in [5.41, 5.74) is 3.92. The molecule has 0 unspecified atom stereocenters. The third kappa shape index (κ3) is 6.20. The van der Waals surface area contributed by atoms with Crippen LogP contribution in [0.25, 0.3) is 6.08 Å². The molecule has 4 heteroatoms. The fourth-order valence-electron chi connectivity index (χ4n) is 2.63. The van der Waals surface area contributed by atoms with Crippen LogP contribution in [0.2, 0.25) is 0 Å². The quantitative estimate of drug-likeness (QED) is 0.550. The Balaban J connectivity index is 2.42. The second-order valence-corrected chi connectivity index (χ2v) is 6.03. The first kappa shape index (κ1) is 19.4. The molecule has 26 heavy (non-hydrogen) atoms. The zero-order valence-electron chi connectivity index (χ0n) is 15.4. The highest BCUT2D eigenvalue weighted by Crippen LogP contribution is 2.20. The topological polar surface area (TPSA) is 52.6 Å². The van der Waals surface area contributed by atoms with Crippen LogP contribution in [-0.2, 0) is 31.9 Å². The lowest BCUT2D eigenvalue weighted by Crippen LogP contribution is -2.25. The molecule has 0 heterocycles. The number of aryl methyl sites for hydroxylation is 1. The van der Waals surface area contributed by atoms with E-state index in [2.05, 4.69) is 19.1 Å². The zero-order valence-corrected chi connectivity index (χ0v) is 15.4. The molecule has 0 saturated heterocycles. The van der Waals surface area contributed by atoms with Gasteiger partial charge in [-0.1, -0.05) is 61.5 Å². The van der Waals surface area contributed by atoms with Crippen molar-refractivity contribution in [3.63, 3.8) is 0 Å². The normalized spacial score (nSPS) is 11.3. The van der Waals surface area contributed by atoms with E-state index in [-0.39, 0.29) is 0 Å². The summed E-state index contributed by atoms with van der Waals surface area (Å²) in [5.74, 6) is -1.00. The van der Waals surface area contributed by atoms with Crippen molar-refractivity contribution in [2.75, 3.05) is 0 Å². The fourth-order valence-corrected chi connectivity index (χ4v) is 2.63. The maximum atomic E-state index is 11.5. The summed E-state index contributed by atoms with van der Waals surface area (Å²) < 4.78 is 10.5. The van der Waals surface area contributed by atoms with E-state index in [0.29, 0.717) is 12.0 Å². The van der Waals surface area contributed by atoms with Crippen LogP contribution in [-0.4, -0.2) is 18.2 Å². The van der Waals surface area contributed by atoms with Crippen LogP contribution < -0.4 is 0 Å². The summed E-state index contributed by atoms with van der Waals surface area (Å²) >= 11 is 0. The van der Waals surface area contributed by atoms with Crippen molar-refractivity contribution in [1.82, 2.24) is 0 Å². The van der Waals surface area contributed by atoms with Gasteiger partial charge in [-0.3, -0.25) is 9.59 Å². The standard InChI is InChI=1S/C22H24O4/c1-4-18-11-8-12-20(13-18)15-21(14-19-9-6-5-7-10-19)22(25-16(2)23)26-17(3)24/h5-13,15,22H,4,14H2,1-3H3/b21-15+. The van der Waals surface area contributed by atoms with Gasteiger partial charge in [-0.05, 0) is 29.2 Å².